The van der Waals surface area contributed by atoms with Crippen molar-refractivity contribution in [3.05, 3.63) is 53.2 Å². The number of benzene rings is 1. The molecule has 1 aliphatic rings. The van der Waals surface area contributed by atoms with Crippen LogP contribution in [0.2, 0.25) is 0 Å². The van der Waals surface area contributed by atoms with E-state index in [0.29, 0.717) is 35.3 Å². The Morgan fingerprint density at radius 2 is 1.82 bits per heavy atom. The van der Waals surface area contributed by atoms with Crippen molar-refractivity contribution < 1.29 is 13.2 Å². The summed E-state index contributed by atoms with van der Waals surface area (Å²) in [6, 6.07) is 13.1. The van der Waals surface area contributed by atoms with Crippen molar-refractivity contribution >= 4 is 43.7 Å². The van der Waals surface area contributed by atoms with Crippen molar-refractivity contribution in [3.63, 3.8) is 0 Å². The molecule has 1 aliphatic heterocycles. The highest BCUT2D eigenvalue weighted by molar-refractivity contribution is 7.91. The molecule has 4 rings (SSSR count). The fourth-order valence-electron chi connectivity index (χ4n) is 3.18. The zero-order chi connectivity index (χ0) is 19.6. The molecule has 0 saturated carbocycles. The van der Waals surface area contributed by atoms with Crippen LogP contribution >= 0.6 is 22.7 Å². The number of amides is 1. The van der Waals surface area contributed by atoms with E-state index in [-0.39, 0.29) is 11.8 Å². The Kier molecular flexibility index (Phi) is 5.58. The maximum Gasteiger partial charge on any atom is 0.252 e. The normalized spacial score (nSPS) is 16.1. The number of aromatic nitrogens is 1. The van der Waals surface area contributed by atoms with Gasteiger partial charge in [-0.2, -0.15) is 4.31 Å². The molecule has 2 aromatic heterocycles. The van der Waals surface area contributed by atoms with Gasteiger partial charge in [0, 0.05) is 30.0 Å². The van der Waals surface area contributed by atoms with Crippen LogP contribution in [0, 0.1) is 5.92 Å². The van der Waals surface area contributed by atoms with Crippen LogP contribution in [0.3, 0.4) is 0 Å². The first-order chi connectivity index (χ1) is 13.5. The first-order valence-corrected chi connectivity index (χ1v) is 12.1. The van der Waals surface area contributed by atoms with E-state index in [1.54, 1.807) is 17.5 Å². The van der Waals surface area contributed by atoms with E-state index in [1.807, 2.05) is 35.7 Å². The van der Waals surface area contributed by atoms with E-state index in [1.165, 1.54) is 27.0 Å². The highest BCUT2D eigenvalue weighted by Gasteiger charge is 2.32. The van der Waals surface area contributed by atoms with Gasteiger partial charge in [0.15, 0.2) is 5.13 Å². The molecule has 0 radical (unpaired) electrons. The quantitative estimate of drug-likeness (QED) is 0.662. The summed E-state index contributed by atoms with van der Waals surface area (Å²) >= 11 is 2.61. The first kappa shape index (κ1) is 19.3. The molecule has 1 fully saturated rings. The maximum absolute atomic E-state index is 12.6. The van der Waals surface area contributed by atoms with Crippen LogP contribution in [0.25, 0.3) is 11.3 Å². The molecule has 3 heterocycles. The molecule has 146 valence electrons. The third-order valence-electron chi connectivity index (χ3n) is 4.72. The first-order valence-electron chi connectivity index (χ1n) is 8.89. The summed E-state index contributed by atoms with van der Waals surface area (Å²) in [7, 11) is -3.44. The van der Waals surface area contributed by atoms with Crippen LogP contribution in [0.4, 0.5) is 5.13 Å². The third-order valence-corrected chi connectivity index (χ3v) is 8.75. The topological polar surface area (TPSA) is 79.4 Å². The van der Waals surface area contributed by atoms with Crippen LogP contribution in [-0.4, -0.2) is 36.7 Å². The van der Waals surface area contributed by atoms with Gasteiger partial charge >= 0.3 is 0 Å². The predicted molar refractivity (Wildman–Crippen MR) is 112 cm³/mol. The van der Waals surface area contributed by atoms with Gasteiger partial charge in [-0.05, 0) is 24.3 Å². The Bertz CT molecular complexity index is 1040. The monoisotopic (exact) mass is 433 g/mol. The van der Waals surface area contributed by atoms with Crippen molar-refractivity contribution in [3.8, 4) is 11.3 Å². The highest BCUT2D eigenvalue weighted by atomic mass is 32.2. The average Bonchev–Trinajstić information content (AvgIpc) is 3.41. The molecule has 1 aromatic carbocycles. The number of thiazole rings is 1. The number of carbonyl (C=O) groups is 1. The second kappa shape index (κ2) is 8.12. The molecule has 1 amide bonds. The van der Waals surface area contributed by atoms with Gasteiger partial charge in [0.1, 0.15) is 4.21 Å². The van der Waals surface area contributed by atoms with E-state index in [2.05, 4.69) is 10.3 Å². The molecule has 0 aliphatic carbocycles. The second-order valence-electron chi connectivity index (χ2n) is 6.50. The molecule has 0 atom stereocenters. The summed E-state index contributed by atoms with van der Waals surface area (Å²) in [5.74, 6) is -0.305. The number of hydrogen-bond donors (Lipinski definition) is 1. The zero-order valence-corrected chi connectivity index (χ0v) is 17.4. The summed E-state index contributed by atoms with van der Waals surface area (Å²) in [5, 5.41) is 7.13. The van der Waals surface area contributed by atoms with Crippen LogP contribution in [0.5, 0.6) is 0 Å². The second-order valence-corrected chi connectivity index (χ2v) is 10.5. The molecule has 1 saturated heterocycles. The molecule has 1 N–H and O–H groups in total. The van der Waals surface area contributed by atoms with Crippen molar-refractivity contribution in [2.75, 3.05) is 18.4 Å². The summed E-state index contributed by atoms with van der Waals surface area (Å²) in [4.78, 5) is 17.1. The number of anilines is 1. The number of sulfonamides is 1. The molecule has 0 bridgehead atoms. The van der Waals surface area contributed by atoms with Crippen molar-refractivity contribution in [1.29, 1.82) is 0 Å². The fraction of sp³-hybridized carbons (Fsp3) is 0.263. The zero-order valence-electron chi connectivity index (χ0n) is 14.9. The summed E-state index contributed by atoms with van der Waals surface area (Å²) in [6.45, 7) is 0.705. The van der Waals surface area contributed by atoms with E-state index < -0.39 is 10.0 Å². The number of carbonyl (C=O) groups excluding carboxylic acids is 1. The number of nitrogens with zero attached hydrogens (tertiary/aromatic N) is 2. The Balaban J connectivity index is 1.35. The molecule has 0 unspecified atom stereocenters. The maximum atomic E-state index is 12.6. The molecule has 9 heteroatoms. The lowest BCUT2D eigenvalue weighted by Crippen LogP contribution is -2.41. The van der Waals surface area contributed by atoms with Gasteiger partial charge in [0.25, 0.3) is 10.0 Å². The van der Waals surface area contributed by atoms with Crippen molar-refractivity contribution in [1.82, 2.24) is 9.29 Å². The van der Waals surface area contributed by atoms with Crippen LogP contribution in [0.15, 0.2) is 57.4 Å². The molecule has 28 heavy (non-hydrogen) atoms. The lowest BCUT2D eigenvalue weighted by atomic mass is 9.97. The van der Waals surface area contributed by atoms with Gasteiger partial charge in [-0.3, -0.25) is 4.79 Å². The fourth-order valence-corrected chi connectivity index (χ4v) is 6.51. The molecule has 3 aromatic rings. The third kappa shape index (κ3) is 4.02. The van der Waals surface area contributed by atoms with E-state index in [0.717, 1.165) is 11.3 Å². The molecular weight excluding hydrogens is 414 g/mol. The van der Waals surface area contributed by atoms with Crippen LogP contribution in [-0.2, 0) is 14.8 Å². The molecule has 0 spiro atoms. The van der Waals surface area contributed by atoms with E-state index in [4.69, 9.17) is 0 Å². The lowest BCUT2D eigenvalue weighted by Gasteiger charge is -2.29. The van der Waals surface area contributed by atoms with Crippen LogP contribution < -0.4 is 5.32 Å². The van der Waals surface area contributed by atoms with Gasteiger partial charge in [-0.1, -0.05) is 36.4 Å². The largest absolute Gasteiger partial charge is 0.302 e. The summed E-state index contributed by atoms with van der Waals surface area (Å²) in [6.07, 6.45) is 1.01. The van der Waals surface area contributed by atoms with Gasteiger partial charge in [-0.15, -0.1) is 22.7 Å². The predicted octanol–water partition coefficient (Wildman–Crippen LogP) is 3.91. The van der Waals surface area contributed by atoms with Gasteiger partial charge in [0.2, 0.25) is 5.91 Å². The van der Waals surface area contributed by atoms with E-state index >= 15 is 0 Å². The molecule has 6 nitrogen and oxygen atoms in total. The Labute approximate surface area is 171 Å². The summed E-state index contributed by atoms with van der Waals surface area (Å²) < 4.78 is 27.0. The van der Waals surface area contributed by atoms with Gasteiger partial charge in [0.05, 0.1) is 5.69 Å². The van der Waals surface area contributed by atoms with Crippen LogP contribution in [0.1, 0.15) is 12.8 Å². The van der Waals surface area contributed by atoms with Crippen molar-refractivity contribution in [2.24, 2.45) is 5.92 Å². The minimum Gasteiger partial charge on any atom is -0.302 e. The highest BCUT2D eigenvalue weighted by Crippen LogP contribution is 2.28. The minimum atomic E-state index is -3.44. The summed E-state index contributed by atoms with van der Waals surface area (Å²) in [5.41, 5.74) is 1.84. The number of piperidine rings is 1. The van der Waals surface area contributed by atoms with Gasteiger partial charge < -0.3 is 5.32 Å². The number of nitrogens with one attached hydrogen (secondary N) is 1. The number of hydrogen-bond acceptors (Lipinski definition) is 6. The Morgan fingerprint density at radius 3 is 2.50 bits per heavy atom. The minimum absolute atomic E-state index is 0.0952. The lowest BCUT2D eigenvalue weighted by molar-refractivity contribution is -0.120. The smallest absolute Gasteiger partial charge is 0.252 e. The van der Waals surface area contributed by atoms with Crippen molar-refractivity contribution in [2.45, 2.75) is 17.1 Å². The standard InChI is InChI=1S/C19H19N3O3S3/c23-18(21-19-20-16(13-27-19)14-5-2-1-3-6-14)15-8-10-22(11-9-15)28(24,25)17-7-4-12-26-17/h1-7,12-13,15H,8-11H2,(H,20,21,23). The Morgan fingerprint density at radius 1 is 1.07 bits per heavy atom. The SMILES string of the molecule is O=C(Nc1nc(-c2ccccc2)cs1)C1CCN(S(=O)(=O)c2cccs2)CC1. The molecular formula is C19H19N3O3S3. The number of rotatable bonds is 5. The Hall–Kier alpha value is -2.07. The van der Waals surface area contributed by atoms with E-state index in [9.17, 15) is 13.2 Å². The number of thiophene rings is 1. The average molecular weight is 434 g/mol. The van der Waals surface area contributed by atoms with Gasteiger partial charge in [-0.25, -0.2) is 13.4 Å².